The lowest BCUT2D eigenvalue weighted by Gasteiger charge is -2.37. The van der Waals surface area contributed by atoms with Crippen LogP contribution in [0.5, 0.6) is 0 Å². The monoisotopic (exact) mass is 497 g/mol. The fourth-order valence-electron chi connectivity index (χ4n) is 4.51. The van der Waals surface area contributed by atoms with Crippen LogP contribution in [0.4, 0.5) is 30.5 Å². The second-order valence-electron chi connectivity index (χ2n) is 8.69. The van der Waals surface area contributed by atoms with Gasteiger partial charge < -0.3 is 20.1 Å². The summed E-state index contributed by atoms with van der Waals surface area (Å²) in [5.41, 5.74) is 1.14. The van der Waals surface area contributed by atoms with Gasteiger partial charge in [0.1, 0.15) is 29.1 Å². The van der Waals surface area contributed by atoms with Gasteiger partial charge in [-0.2, -0.15) is 0 Å². The number of rotatable bonds is 7. The molecule has 0 spiro atoms. The van der Waals surface area contributed by atoms with Crippen molar-refractivity contribution in [2.45, 2.75) is 12.6 Å². The molecular weight excluding hydrogens is 471 g/mol. The molecule has 2 N–H and O–H groups in total. The molecule has 2 aliphatic rings. The van der Waals surface area contributed by atoms with E-state index in [0.29, 0.717) is 49.1 Å². The summed E-state index contributed by atoms with van der Waals surface area (Å²) in [7, 11) is 0. The van der Waals surface area contributed by atoms with Crippen LogP contribution in [0.2, 0.25) is 0 Å². The third-order valence-electron chi connectivity index (χ3n) is 6.32. The lowest BCUT2D eigenvalue weighted by Crippen LogP contribution is -2.42. The van der Waals surface area contributed by atoms with Gasteiger partial charge in [-0.3, -0.25) is 4.90 Å². The van der Waals surface area contributed by atoms with Gasteiger partial charge in [0.2, 0.25) is 0 Å². The molecule has 1 unspecified atom stereocenters. The first-order chi connectivity index (χ1) is 17.5. The van der Waals surface area contributed by atoms with E-state index in [1.165, 1.54) is 30.3 Å². The van der Waals surface area contributed by atoms with Crippen LogP contribution in [0.1, 0.15) is 17.5 Å². The maximum absolute atomic E-state index is 14.7. The van der Waals surface area contributed by atoms with Crippen molar-refractivity contribution in [1.29, 1.82) is 0 Å². The molecule has 1 atom stereocenters. The summed E-state index contributed by atoms with van der Waals surface area (Å²) < 4.78 is 47.9. The Bertz CT molecular complexity index is 1230. The van der Waals surface area contributed by atoms with Crippen LogP contribution in [-0.4, -0.2) is 65.6 Å². The van der Waals surface area contributed by atoms with E-state index >= 15 is 0 Å². The Labute approximate surface area is 206 Å². The minimum Gasteiger partial charge on any atom is -0.379 e. The fraction of sp³-hybridized carbons (Fsp3) is 0.308. The lowest BCUT2D eigenvalue weighted by atomic mass is 9.95. The standard InChI is InChI=1S/C26H26F3N5O2/c27-18-5-6-23(31-16-18)32-24-14-22-17(15-30-24)13-19(25-20(28)3-1-4-21(25)29)26(35)34(22)8-2-7-33-9-11-36-12-10-33/h1,3-6,13-16,26,35H,2,7-12H2,(H,30,31,32). The maximum Gasteiger partial charge on any atom is 0.154 e. The molecule has 2 aromatic heterocycles. The molecule has 3 aromatic rings. The number of nitrogens with zero attached hydrogens (tertiary/aromatic N) is 4. The number of benzene rings is 1. The largest absolute Gasteiger partial charge is 0.379 e. The zero-order valence-corrected chi connectivity index (χ0v) is 19.5. The van der Waals surface area contributed by atoms with E-state index in [9.17, 15) is 18.3 Å². The number of aliphatic hydroxyl groups excluding tert-OH is 1. The van der Waals surface area contributed by atoms with Crippen LogP contribution in [0.3, 0.4) is 0 Å². The molecule has 0 aliphatic carbocycles. The highest BCUT2D eigenvalue weighted by Gasteiger charge is 2.31. The van der Waals surface area contributed by atoms with Crippen molar-refractivity contribution in [3.8, 4) is 0 Å². The summed E-state index contributed by atoms with van der Waals surface area (Å²) in [4.78, 5) is 12.4. The summed E-state index contributed by atoms with van der Waals surface area (Å²) in [6.45, 7) is 4.29. The first-order valence-electron chi connectivity index (χ1n) is 11.8. The number of halogens is 3. The van der Waals surface area contributed by atoms with Crippen LogP contribution in [0.25, 0.3) is 11.6 Å². The van der Waals surface area contributed by atoms with Gasteiger partial charge in [-0.1, -0.05) is 6.07 Å². The summed E-state index contributed by atoms with van der Waals surface area (Å²) in [6, 6.07) is 8.15. The lowest BCUT2D eigenvalue weighted by molar-refractivity contribution is 0.0374. The molecule has 0 radical (unpaired) electrons. The third kappa shape index (κ3) is 5.20. The predicted molar refractivity (Wildman–Crippen MR) is 131 cm³/mol. The molecule has 0 bridgehead atoms. The number of aromatic nitrogens is 2. The molecule has 4 heterocycles. The first-order valence-corrected chi connectivity index (χ1v) is 11.8. The Hall–Kier alpha value is -3.47. The van der Waals surface area contributed by atoms with E-state index in [-0.39, 0.29) is 11.1 Å². The summed E-state index contributed by atoms with van der Waals surface area (Å²) >= 11 is 0. The molecule has 7 nitrogen and oxygen atoms in total. The molecule has 1 fully saturated rings. The van der Waals surface area contributed by atoms with Gasteiger partial charge in [-0.15, -0.1) is 0 Å². The van der Waals surface area contributed by atoms with Crippen molar-refractivity contribution in [2.75, 3.05) is 49.6 Å². The number of nitrogens with one attached hydrogen (secondary N) is 1. The predicted octanol–water partition coefficient (Wildman–Crippen LogP) is 4.04. The second kappa shape index (κ2) is 10.7. The van der Waals surface area contributed by atoms with E-state index in [1.807, 2.05) is 0 Å². The summed E-state index contributed by atoms with van der Waals surface area (Å²) in [5, 5.41) is 14.3. The van der Waals surface area contributed by atoms with Gasteiger partial charge in [0, 0.05) is 49.6 Å². The van der Waals surface area contributed by atoms with Crippen molar-refractivity contribution < 1.29 is 23.0 Å². The molecule has 5 rings (SSSR count). The van der Waals surface area contributed by atoms with Gasteiger partial charge in [0.15, 0.2) is 6.23 Å². The van der Waals surface area contributed by atoms with Gasteiger partial charge in [-0.05, 0) is 36.8 Å². The van der Waals surface area contributed by atoms with Crippen molar-refractivity contribution in [3.63, 3.8) is 0 Å². The molecule has 2 aliphatic heterocycles. The Morgan fingerprint density at radius 2 is 1.72 bits per heavy atom. The average molecular weight is 498 g/mol. The number of pyridine rings is 2. The number of fused-ring (bicyclic) bond motifs is 1. The second-order valence-corrected chi connectivity index (χ2v) is 8.69. The molecule has 36 heavy (non-hydrogen) atoms. The van der Waals surface area contributed by atoms with Crippen LogP contribution in [0, 0.1) is 17.5 Å². The van der Waals surface area contributed by atoms with Gasteiger partial charge >= 0.3 is 0 Å². The topological polar surface area (TPSA) is 73.8 Å². The molecule has 1 aromatic carbocycles. The van der Waals surface area contributed by atoms with Gasteiger partial charge in [0.05, 0.1) is 30.7 Å². The van der Waals surface area contributed by atoms with Gasteiger partial charge in [0.25, 0.3) is 0 Å². The highest BCUT2D eigenvalue weighted by molar-refractivity contribution is 5.93. The van der Waals surface area contributed by atoms with E-state index in [2.05, 4.69) is 20.2 Å². The number of anilines is 3. The molecule has 188 valence electrons. The Kier molecular flexibility index (Phi) is 7.17. The van der Waals surface area contributed by atoms with E-state index in [4.69, 9.17) is 4.74 Å². The highest BCUT2D eigenvalue weighted by Crippen LogP contribution is 2.39. The van der Waals surface area contributed by atoms with Crippen LogP contribution in [-0.2, 0) is 4.74 Å². The minimum absolute atomic E-state index is 0.132. The Balaban J connectivity index is 1.46. The smallest absolute Gasteiger partial charge is 0.154 e. The molecule has 0 saturated carbocycles. The Morgan fingerprint density at radius 1 is 0.972 bits per heavy atom. The van der Waals surface area contributed by atoms with Crippen molar-refractivity contribution >= 4 is 29.0 Å². The molecule has 10 heteroatoms. The van der Waals surface area contributed by atoms with E-state index in [0.717, 1.165) is 25.8 Å². The summed E-state index contributed by atoms with van der Waals surface area (Å²) in [6.07, 6.45) is 3.68. The quantitative estimate of drug-likeness (QED) is 0.511. The number of hydrogen-bond acceptors (Lipinski definition) is 7. The zero-order chi connectivity index (χ0) is 25.1. The number of morpholine rings is 1. The number of hydrogen-bond donors (Lipinski definition) is 2. The van der Waals surface area contributed by atoms with Crippen LogP contribution in [0.15, 0.2) is 48.8 Å². The zero-order valence-electron chi connectivity index (χ0n) is 19.5. The average Bonchev–Trinajstić information content (AvgIpc) is 2.88. The maximum atomic E-state index is 14.7. The minimum atomic E-state index is -1.27. The van der Waals surface area contributed by atoms with Crippen LogP contribution >= 0.6 is 0 Å². The Morgan fingerprint density at radius 3 is 2.44 bits per heavy atom. The highest BCUT2D eigenvalue weighted by atomic mass is 19.1. The third-order valence-corrected chi connectivity index (χ3v) is 6.32. The molecule has 1 saturated heterocycles. The summed E-state index contributed by atoms with van der Waals surface area (Å²) in [5.74, 6) is -1.10. The van der Waals surface area contributed by atoms with Crippen molar-refractivity contribution in [2.24, 2.45) is 0 Å². The fourth-order valence-corrected chi connectivity index (χ4v) is 4.51. The first kappa shape index (κ1) is 24.2. The van der Waals surface area contributed by atoms with Crippen LogP contribution < -0.4 is 10.2 Å². The molecular formula is C26H26F3N5O2. The number of aliphatic hydroxyl groups is 1. The van der Waals surface area contributed by atoms with E-state index < -0.39 is 23.7 Å². The normalized spacial score (nSPS) is 18.1. The SMILES string of the molecule is OC1C(c2c(F)cccc2F)=Cc2cnc(Nc3ccc(F)cn3)cc2N1CCCN1CCOCC1. The van der Waals surface area contributed by atoms with Crippen molar-refractivity contribution in [3.05, 3.63) is 77.4 Å². The van der Waals surface area contributed by atoms with Crippen molar-refractivity contribution in [1.82, 2.24) is 14.9 Å². The number of ether oxygens (including phenoxy) is 1. The molecule has 0 amide bonds. The van der Waals surface area contributed by atoms with E-state index in [1.54, 1.807) is 23.2 Å². The van der Waals surface area contributed by atoms with Gasteiger partial charge in [-0.25, -0.2) is 23.1 Å².